The summed E-state index contributed by atoms with van der Waals surface area (Å²) in [5.41, 5.74) is 0.678. The van der Waals surface area contributed by atoms with Gasteiger partial charge in [0.2, 0.25) is 0 Å². The van der Waals surface area contributed by atoms with E-state index in [1.165, 1.54) is 31.5 Å². The Morgan fingerprint density at radius 1 is 1.22 bits per heavy atom. The minimum atomic E-state index is -0.0872. The van der Waals surface area contributed by atoms with Crippen LogP contribution in [0.4, 0.5) is 0 Å². The molecule has 0 saturated carbocycles. The third kappa shape index (κ3) is 3.80. The van der Waals surface area contributed by atoms with Crippen LogP contribution in [0.3, 0.4) is 0 Å². The van der Waals surface area contributed by atoms with E-state index in [1.54, 1.807) is 6.20 Å². The third-order valence-corrected chi connectivity index (χ3v) is 6.64. The van der Waals surface area contributed by atoms with Crippen molar-refractivity contribution in [3.8, 4) is 0 Å². The first-order valence-corrected chi connectivity index (χ1v) is 10.2. The van der Waals surface area contributed by atoms with Crippen LogP contribution in [0.1, 0.15) is 47.7 Å². The predicted molar refractivity (Wildman–Crippen MR) is 104 cm³/mol. The van der Waals surface area contributed by atoms with Crippen molar-refractivity contribution in [2.75, 3.05) is 13.1 Å². The van der Waals surface area contributed by atoms with Crippen LogP contribution >= 0.6 is 11.8 Å². The van der Waals surface area contributed by atoms with Crippen molar-refractivity contribution in [1.82, 2.24) is 20.2 Å². The van der Waals surface area contributed by atoms with Crippen molar-refractivity contribution >= 4 is 23.5 Å². The molecule has 0 unspecified atom stereocenters. The molecule has 4 heterocycles. The van der Waals surface area contributed by atoms with Crippen molar-refractivity contribution in [1.29, 1.82) is 0 Å². The number of ketones is 1. The van der Waals surface area contributed by atoms with E-state index in [9.17, 15) is 9.59 Å². The average Bonchev–Trinajstić information content (AvgIpc) is 3.14. The number of hydrogen-bond acceptors (Lipinski definition) is 5. The van der Waals surface area contributed by atoms with Gasteiger partial charge in [-0.05, 0) is 63.0 Å². The number of imidazole rings is 1. The zero-order valence-corrected chi connectivity index (χ0v) is 16.4. The predicted octanol–water partition coefficient (Wildman–Crippen LogP) is 2.98. The lowest BCUT2D eigenvalue weighted by Gasteiger charge is -2.49. The van der Waals surface area contributed by atoms with Gasteiger partial charge in [-0.15, -0.1) is 0 Å². The maximum atomic E-state index is 12.7. The fourth-order valence-electron chi connectivity index (χ4n) is 4.12. The normalized spacial score (nSPS) is 26.7. The van der Waals surface area contributed by atoms with E-state index >= 15 is 0 Å². The van der Waals surface area contributed by atoms with Crippen LogP contribution in [-0.2, 0) is 0 Å². The van der Waals surface area contributed by atoms with Crippen molar-refractivity contribution < 1.29 is 9.59 Å². The van der Waals surface area contributed by atoms with Gasteiger partial charge in [-0.25, -0.2) is 4.98 Å². The summed E-state index contributed by atoms with van der Waals surface area (Å²) in [5, 5.41) is 4.06. The molecule has 3 aliphatic heterocycles. The minimum absolute atomic E-state index is 0.00226. The van der Waals surface area contributed by atoms with Crippen molar-refractivity contribution in [3.05, 3.63) is 41.9 Å². The average molecular weight is 385 g/mol. The highest BCUT2D eigenvalue weighted by molar-refractivity contribution is 7.99. The van der Waals surface area contributed by atoms with E-state index in [0.717, 1.165) is 23.0 Å². The Balaban J connectivity index is 1.39. The number of piperidine rings is 3. The Kier molecular flexibility index (Phi) is 5.06. The molecule has 0 spiro atoms. The molecule has 1 amide bonds. The highest BCUT2D eigenvalue weighted by Gasteiger charge is 2.40. The van der Waals surface area contributed by atoms with Gasteiger partial charge < -0.3 is 10.3 Å². The van der Waals surface area contributed by atoms with E-state index in [4.69, 9.17) is 0 Å². The summed E-state index contributed by atoms with van der Waals surface area (Å²) in [4.78, 5) is 34.5. The van der Waals surface area contributed by atoms with Crippen molar-refractivity contribution in [3.63, 3.8) is 0 Å². The molecule has 1 aromatic carbocycles. The fraction of sp³-hybridized carbons (Fsp3) is 0.450. The van der Waals surface area contributed by atoms with Crippen molar-refractivity contribution in [2.24, 2.45) is 5.92 Å². The standard InChI is InChI=1S/C20H24N4O2S/c1-12-18(14-7-9-24(12)10-8-14)23-20(26)15-3-5-16(6-4-15)27-17-11-21-19(22-17)13(2)25/h3-6,11-12,14,18H,7-10H2,1-2H3,(H,21,22)(H,23,26)/t12-,18-/m0/s1. The molecule has 7 heteroatoms. The number of rotatable bonds is 5. The Morgan fingerprint density at radius 3 is 2.52 bits per heavy atom. The lowest BCUT2D eigenvalue weighted by Crippen LogP contribution is -2.62. The highest BCUT2D eigenvalue weighted by Crippen LogP contribution is 2.32. The molecule has 3 aliphatic rings. The molecular formula is C20H24N4O2S. The molecule has 5 rings (SSSR count). The van der Waals surface area contributed by atoms with Gasteiger partial charge in [-0.1, -0.05) is 11.8 Å². The van der Waals surface area contributed by atoms with Crippen LogP contribution < -0.4 is 5.32 Å². The van der Waals surface area contributed by atoms with Gasteiger partial charge in [-0.3, -0.25) is 14.5 Å². The molecule has 3 fully saturated rings. The van der Waals surface area contributed by atoms with Gasteiger partial charge in [0.05, 0.1) is 11.2 Å². The van der Waals surface area contributed by atoms with E-state index in [1.807, 2.05) is 24.3 Å². The molecule has 2 N–H and O–H groups in total. The largest absolute Gasteiger partial charge is 0.347 e. The second-order valence-electron chi connectivity index (χ2n) is 7.39. The molecule has 6 nitrogen and oxygen atoms in total. The summed E-state index contributed by atoms with van der Waals surface area (Å²) in [5.74, 6) is 0.869. The molecule has 2 atom stereocenters. The maximum absolute atomic E-state index is 12.7. The number of nitrogens with one attached hydrogen (secondary N) is 2. The molecule has 0 aliphatic carbocycles. The van der Waals surface area contributed by atoms with E-state index in [2.05, 4.69) is 27.1 Å². The van der Waals surface area contributed by atoms with Gasteiger partial charge in [0, 0.05) is 29.5 Å². The Bertz CT molecular complexity index is 838. The van der Waals surface area contributed by atoms with Crippen molar-refractivity contribution in [2.45, 2.75) is 48.7 Å². The van der Waals surface area contributed by atoms with Gasteiger partial charge >= 0.3 is 0 Å². The number of nitrogens with zero attached hydrogens (tertiary/aromatic N) is 2. The number of aromatic nitrogens is 2. The Hall–Kier alpha value is -2.12. The molecule has 1 aromatic heterocycles. The Morgan fingerprint density at radius 2 is 1.93 bits per heavy atom. The SMILES string of the molecule is CC(=O)c1ncc(Sc2ccc(C(=O)N[C@@H]3C4CCN(CC4)[C@H]3C)cc2)[nH]1. The van der Waals surface area contributed by atoms with Crippen LogP contribution in [0.5, 0.6) is 0 Å². The summed E-state index contributed by atoms with van der Waals surface area (Å²) in [6.07, 6.45) is 4.01. The first-order valence-electron chi connectivity index (χ1n) is 9.40. The number of carbonyl (C=O) groups is 2. The van der Waals surface area contributed by atoms with E-state index in [0.29, 0.717) is 23.3 Å². The maximum Gasteiger partial charge on any atom is 0.251 e. The van der Waals surface area contributed by atoms with Gasteiger partial charge in [0.1, 0.15) is 0 Å². The summed E-state index contributed by atoms with van der Waals surface area (Å²) >= 11 is 1.48. The summed E-state index contributed by atoms with van der Waals surface area (Å²) in [7, 11) is 0. The summed E-state index contributed by atoms with van der Waals surface area (Å²) in [6.45, 7) is 6.01. The fourth-order valence-corrected chi connectivity index (χ4v) is 4.90. The summed E-state index contributed by atoms with van der Waals surface area (Å²) in [6, 6.07) is 8.20. The van der Waals surface area contributed by atoms with Crippen LogP contribution in [0.2, 0.25) is 0 Å². The van der Waals surface area contributed by atoms with Gasteiger partial charge in [-0.2, -0.15) is 0 Å². The number of fused-ring (bicyclic) bond motifs is 3. The lowest BCUT2D eigenvalue weighted by molar-refractivity contribution is 0.0217. The monoisotopic (exact) mass is 384 g/mol. The Labute approximate surface area is 163 Å². The van der Waals surface area contributed by atoms with Crippen LogP contribution in [0.15, 0.2) is 40.4 Å². The number of hydrogen-bond donors (Lipinski definition) is 2. The second kappa shape index (κ2) is 7.48. The molecular weight excluding hydrogens is 360 g/mol. The van der Waals surface area contributed by atoms with Crippen LogP contribution in [0, 0.1) is 5.92 Å². The zero-order valence-electron chi connectivity index (χ0n) is 15.6. The number of benzene rings is 1. The molecule has 2 bridgehead atoms. The molecule has 142 valence electrons. The molecule has 2 aromatic rings. The van der Waals surface area contributed by atoms with Gasteiger partial charge in [0.15, 0.2) is 11.6 Å². The van der Waals surface area contributed by atoms with Gasteiger partial charge in [0.25, 0.3) is 5.91 Å². The highest BCUT2D eigenvalue weighted by atomic mass is 32.2. The smallest absolute Gasteiger partial charge is 0.251 e. The zero-order chi connectivity index (χ0) is 19.0. The lowest BCUT2D eigenvalue weighted by atomic mass is 9.79. The topological polar surface area (TPSA) is 78.1 Å². The first-order chi connectivity index (χ1) is 13.0. The van der Waals surface area contributed by atoms with Crippen LogP contribution in [0.25, 0.3) is 0 Å². The second-order valence-corrected chi connectivity index (χ2v) is 8.51. The molecule has 0 radical (unpaired) electrons. The first kappa shape index (κ1) is 18.3. The quantitative estimate of drug-likeness (QED) is 0.775. The molecule has 27 heavy (non-hydrogen) atoms. The van der Waals surface area contributed by atoms with Crippen LogP contribution in [-0.4, -0.2) is 51.7 Å². The van der Waals surface area contributed by atoms with E-state index < -0.39 is 0 Å². The number of Topliss-reactive ketones (excluding diaryl/α,β-unsaturated/α-hetero) is 1. The van der Waals surface area contributed by atoms with E-state index in [-0.39, 0.29) is 17.7 Å². The minimum Gasteiger partial charge on any atom is -0.347 e. The summed E-state index contributed by atoms with van der Waals surface area (Å²) < 4.78 is 0. The number of H-pyrrole nitrogens is 1. The number of amides is 1. The third-order valence-electron chi connectivity index (χ3n) is 5.71. The number of carbonyl (C=O) groups excluding carboxylic acids is 2. The number of aromatic amines is 1. The molecule has 3 saturated heterocycles.